The van der Waals surface area contributed by atoms with Crippen molar-refractivity contribution in [1.82, 2.24) is 19.5 Å². The second kappa shape index (κ2) is 12.1. The van der Waals surface area contributed by atoms with Gasteiger partial charge in [0.15, 0.2) is 32.9 Å². The highest BCUT2D eigenvalue weighted by atomic mass is 32.4. The molecular weight excluding hydrogens is 604 g/mol. The van der Waals surface area contributed by atoms with Crippen molar-refractivity contribution >= 4 is 51.1 Å². The smallest absolute Gasteiger partial charge is 0.296 e. The number of thiol groups is 1. The quantitative estimate of drug-likeness (QED) is 0.134. The normalized spacial score (nSPS) is 31.9. The van der Waals surface area contributed by atoms with Crippen molar-refractivity contribution in [3.8, 4) is 6.01 Å². The molecular formula is C26H43N4O7PS2Si. The van der Waals surface area contributed by atoms with E-state index in [1.54, 1.807) is 0 Å². The van der Waals surface area contributed by atoms with Crippen LogP contribution in [0.15, 0.2) is 23.3 Å². The predicted molar refractivity (Wildman–Crippen MR) is 168 cm³/mol. The number of imidazole rings is 1. The van der Waals surface area contributed by atoms with Crippen molar-refractivity contribution in [3.05, 3.63) is 28.8 Å². The number of fused-ring (bicyclic) bond motifs is 1. The van der Waals surface area contributed by atoms with E-state index >= 15 is 0 Å². The van der Waals surface area contributed by atoms with Crippen LogP contribution in [-0.2, 0) is 30.0 Å². The number of aliphatic hydroxyl groups excluding tert-OH is 1. The topological polar surface area (TPSA) is 141 Å². The van der Waals surface area contributed by atoms with E-state index in [4.69, 9.17) is 42.6 Å². The van der Waals surface area contributed by atoms with Crippen LogP contribution in [0.4, 0.5) is 0 Å². The number of hydrogen-bond acceptors (Lipinski definition) is 11. The van der Waals surface area contributed by atoms with E-state index in [2.05, 4.69) is 55.4 Å². The molecule has 4 rings (SSSR count). The number of ether oxygens (including phenoxy) is 1. The molecule has 3 N–H and O–H groups in total. The summed E-state index contributed by atoms with van der Waals surface area (Å²) < 4.78 is 26.4. The maximum absolute atomic E-state index is 12.3. The van der Waals surface area contributed by atoms with Crippen molar-refractivity contribution in [3.63, 3.8) is 0 Å². The SMILES string of the molecule is C=C(C)[C@H]1CC[C@@](C)(S)[C@H](O[PH](=S)O[C@H]2[C@@H](O)[C@H](n3cnc4c(=O)[nH]c(O)nc43)O[C@@H]2CO[Si](C)(C)C(C)(C)C)C1. The van der Waals surface area contributed by atoms with E-state index in [1.165, 1.54) is 10.9 Å². The minimum atomic E-state index is -2.30. The fourth-order valence-corrected chi connectivity index (χ4v) is 8.21. The highest BCUT2D eigenvalue weighted by molar-refractivity contribution is 8.00. The van der Waals surface area contributed by atoms with Gasteiger partial charge in [0.2, 0.25) is 0 Å². The number of nitrogens with one attached hydrogen (secondary N) is 1. The Morgan fingerprint density at radius 1 is 1.41 bits per heavy atom. The number of aromatic amines is 1. The highest BCUT2D eigenvalue weighted by Crippen LogP contribution is 2.47. The first-order valence-corrected chi connectivity index (χ1v) is 19.6. The van der Waals surface area contributed by atoms with Gasteiger partial charge in [0.1, 0.15) is 18.3 Å². The summed E-state index contributed by atoms with van der Waals surface area (Å²) >= 11 is 10.6. The van der Waals surface area contributed by atoms with Gasteiger partial charge in [0.05, 0.1) is 19.0 Å². The fraction of sp³-hybridized carbons (Fsp3) is 0.731. The lowest BCUT2D eigenvalue weighted by Crippen LogP contribution is -2.45. The van der Waals surface area contributed by atoms with Gasteiger partial charge >= 0.3 is 0 Å². The van der Waals surface area contributed by atoms with E-state index in [0.29, 0.717) is 5.92 Å². The van der Waals surface area contributed by atoms with E-state index in [0.717, 1.165) is 24.8 Å². The molecule has 11 nitrogen and oxygen atoms in total. The second-order valence-corrected chi connectivity index (χ2v) is 20.8. The Morgan fingerprint density at radius 3 is 2.73 bits per heavy atom. The summed E-state index contributed by atoms with van der Waals surface area (Å²) in [5.41, 5.74) is 0.576. The van der Waals surface area contributed by atoms with Gasteiger partial charge in [-0.2, -0.15) is 17.6 Å². The molecule has 1 aliphatic carbocycles. The Balaban J connectivity index is 1.59. The summed E-state index contributed by atoms with van der Waals surface area (Å²) in [4.78, 5) is 22.6. The summed E-state index contributed by atoms with van der Waals surface area (Å²) in [5, 5.41) is 21.4. The predicted octanol–water partition coefficient (Wildman–Crippen LogP) is 4.45. The van der Waals surface area contributed by atoms with Crippen LogP contribution in [0.1, 0.15) is 60.1 Å². The van der Waals surface area contributed by atoms with Crippen LogP contribution >= 0.6 is 19.8 Å². The van der Waals surface area contributed by atoms with Crippen molar-refractivity contribution in [2.45, 2.75) is 107 Å². The van der Waals surface area contributed by atoms with Gasteiger partial charge in [0, 0.05) is 4.75 Å². The van der Waals surface area contributed by atoms with Crippen LogP contribution in [0.3, 0.4) is 0 Å². The van der Waals surface area contributed by atoms with Crippen molar-refractivity contribution < 1.29 is 28.4 Å². The van der Waals surface area contributed by atoms with Gasteiger partial charge in [-0.05, 0) is 69.0 Å². The zero-order valence-corrected chi connectivity index (χ0v) is 28.4. The molecule has 15 heteroatoms. The lowest BCUT2D eigenvalue weighted by atomic mass is 9.77. The molecule has 1 unspecified atom stereocenters. The molecule has 0 aromatic carbocycles. The number of aromatic nitrogens is 4. The molecule has 1 saturated heterocycles. The van der Waals surface area contributed by atoms with Crippen molar-refractivity contribution in [2.24, 2.45) is 5.92 Å². The van der Waals surface area contributed by atoms with Crippen LogP contribution in [0, 0.1) is 5.92 Å². The second-order valence-electron chi connectivity index (χ2n) is 13.0. The molecule has 230 valence electrons. The Labute approximate surface area is 253 Å². The van der Waals surface area contributed by atoms with Gasteiger partial charge in [-0.25, -0.2) is 4.98 Å². The average Bonchev–Trinajstić information content (AvgIpc) is 3.39. The summed E-state index contributed by atoms with van der Waals surface area (Å²) in [7, 11) is -4.48. The molecule has 2 fully saturated rings. The molecule has 1 aliphatic heterocycles. The van der Waals surface area contributed by atoms with Crippen LogP contribution < -0.4 is 5.56 Å². The summed E-state index contributed by atoms with van der Waals surface area (Å²) in [6, 6.07) is -0.567. The number of aromatic hydroxyl groups is 1. The van der Waals surface area contributed by atoms with Gasteiger partial charge in [-0.15, -0.1) is 0 Å². The van der Waals surface area contributed by atoms with Gasteiger partial charge in [-0.1, -0.05) is 32.9 Å². The molecule has 2 aliphatic rings. The van der Waals surface area contributed by atoms with Gasteiger partial charge < -0.3 is 28.4 Å². The van der Waals surface area contributed by atoms with Gasteiger partial charge in [-0.3, -0.25) is 14.3 Å². The zero-order valence-electron chi connectivity index (χ0n) is 24.7. The number of hydrogen-bond donors (Lipinski definition) is 4. The van der Waals surface area contributed by atoms with E-state index in [-0.39, 0.29) is 33.7 Å². The number of allylic oxidation sites excluding steroid dienone is 1. The molecule has 2 aromatic rings. The maximum atomic E-state index is 12.3. The lowest BCUT2D eigenvalue weighted by molar-refractivity contribution is -0.0486. The molecule has 0 radical (unpaired) electrons. The first-order chi connectivity index (χ1) is 18.9. The molecule has 41 heavy (non-hydrogen) atoms. The number of H-pyrrole nitrogens is 1. The first kappa shape index (κ1) is 32.8. The van der Waals surface area contributed by atoms with Crippen LogP contribution in [-0.4, -0.2) is 73.8 Å². The molecule has 1 saturated carbocycles. The summed E-state index contributed by atoms with van der Waals surface area (Å²) in [6.45, 7) is 19.1. The Kier molecular flexibility index (Phi) is 9.70. The molecule has 3 heterocycles. The van der Waals surface area contributed by atoms with Crippen LogP contribution in [0.5, 0.6) is 6.01 Å². The zero-order chi connectivity index (χ0) is 30.5. The molecule has 8 atom stereocenters. The molecule has 2 aromatic heterocycles. The van der Waals surface area contributed by atoms with Crippen LogP contribution in [0.2, 0.25) is 18.1 Å². The fourth-order valence-electron chi connectivity index (χ4n) is 4.97. The largest absolute Gasteiger partial charge is 0.480 e. The van der Waals surface area contributed by atoms with E-state index in [9.17, 15) is 15.0 Å². The molecule has 0 spiro atoms. The summed E-state index contributed by atoms with van der Waals surface area (Å²) in [5.74, 6) is 0.321. The third kappa shape index (κ3) is 7.02. The van der Waals surface area contributed by atoms with Gasteiger partial charge in [0.25, 0.3) is 11.6 Å². The Morgan fingerprint density at radius 2 is 2.10 bits per heavy atom. The maximum Gasteiger partial charge on any atom is 0.296 e. The molecule has 0 bridgehead atoms. The van der Waals surface area contributed by atoms with E-state index < -0.39 is 51.6 Å². The third-order valence-corrected chi connectivity index (χ3v) is 15.3. The standard InChI is InChI=1S/C26H43N4O7PS2Si/c1-14(2)15-9-10-26(6,39)17(11-15)36-38(40)37-20-16(12-34-41(7,8)25(3,4)5)35-23(19(20)31)30-13-27-18-21(30)28-24(33)29-22(18)32/h13,15-17,19-20,23,31,38-39H,1,9-12H2,2-8H3,(H2,28,29,32,33)/t15-,16+,17+,19+,20+,23+,26+/m0/s1. The van der Waals surface area contributed by atoms with Crippen molar-refractivity contribution in [2.75, 3.05) is 6.61 Å². The first-order valence-electron chi connectivity index (χ1n) is 13.8. The Bertz CT molecular complexity index is 1360. The number of nitrogens with zero attached hydrogens (tertiary/aromatic N) is 3. The minimum Gasteiger partial charge on any atom is -0.480 e. The molecule has 0 amide bonds. The average molecular weight is 647 g/mol. The summed E-state index contributed by atoms with van der Waals surface area (Å²) in [6.07, 6.45) is -0.103. The lowest BCUT2D eigenvalue weighted by Gasteiger charge is -2.41. The van der Waals surface area contributed by atoms with Crippen LogP contribution in [0.25, 0.3) is 11.2 Å². The number of rotatable bonds is 9. The number of aliphatic hydroxyl groups is 1. The third-order valence-electron chi connectivity index (χ3n) is 8.78. The minimum absolute atomic E-state index is 0.00539. The monoisotopic (exact) mass is 646 g/mol. The highest BCUT2D eigenvalue weighted by Gasteiger charge is 2.49. The van der Waals surface area contributed by atoms with Crippen molar-refractivity contribution in [1.29, 1.82) is 0 Å². The Hall–Kier alpha value is -1.09. The van der Waals surface area contributed by atoms with E-state index in [1.807, 2.05) is 13.8 Å².